The molecule has 1 amide bonds. The fourth-order valence-corrected chi connectivity index (χ4v) is 3.33. The zero-order valence-electron chi connectivity index (χ0n) is 12.2. The summed E-state index contributed by atoms with van der Waals surface area (Å²) in [5.74, 6) is 0.975. The number of rotatable bonds is 3. The summed E-state index contributed by atoms with van der Waals surface area (Å²) in [5, 5.41) is 0. The number of aromatic nitrogens is 2. The van der Waals surface area contributed by atoms with Gasteiger partial charge in [-0.05, 0) is 12.1 Å². The van der Waals surface area contributed by atoms with Crippen molar-refractivity contribution >= 4 is 11.6 Å². The maximum Gasteiger partial charge on any atom is 0.253 e. The zero-order chi connectivity index (χ0) is 14.9. The lowest BCUT2D eigenvalue weighted by molar-refractivity contribution is -0.130. The SMILES string of the molecule is O=C1CO[C@H]2CN(Cc3ncc[nH]3)C[C@H]2N1c1ccccc1. The van der Waals surface area contributed by atoms with Crippen LogP contribution in [0.5, 0.6) is 0 Å². The number of ether oxygens (including phenoxy) is 1. The molecule has 2 aromatic rings. The number of likely N-dealkylation sites (tertiary alicyclic amines) is 1. The van der Waals surface area contributed by atoms with Crippen molar-refractivity contribution in [2.45, 2.75) is 18.7 Å². The highest BCUT2D eigenvalue weighted by molar-refractivity contribution is 5.95. The van der Waals surface area contributed by atoms with E-state index < -0.39 is 0 Å². The number of carbonyl (C=O) groups excluding carboxylic acids is 1. The summed E-state index contributed by atoms with van der Waals surface area (Å²) in [7, 11) is 0. The fraction of sp³-hybridized carbons (Fsp3) is 0.375. The lowest BCUT2D eigenvalue weighted by Crippen LogP contribution is -2.54. The summed E-state index contributed by atoms with van der Waals surface area (Å²) >= 11 is 0. The van der Waals surface area contributed by atoms with Gasteiger partial charge in [0.15, 0.2) is 0 Å². The van der Waals surface area contributed by atoms with Gasteiger partial charge in [0.25, 0.3) is 5.91 Å². The van der Waals surface area contributed by atoms with Gasteiger partial charge in [-0.1, -0.05) is 18.2 Å². The first kappa shape index (κ1) is 13.5. The Labute approximate surface area is 128 Å². The molecule has 0 radical (unpaired) electrons. The summed E-state index contributed by atoms with van der Waals surface area (Å²) < 4.78 is 5.75. The second-order valence-electron chi connectivity index (χ2n) is 5.75. The van der Waals surface area contributed by atoms with Gasteiger partial charge in [-0.25, -0.2) is 4.98 Å². The molecule has 2 fully saturated rings. The highest BCUT2D eigenvalue weighted by atomic mass is 16.5. The Balaban J connectivity index is 1.55. The largest absolute Gasteiger partial charge is 0.365 e. The van der Waals surface area contributed by atoms with Crippen molar-refractivity contribution in [2.24, 2.45) is 0 Å². The van der Waals surface area contributed by atoms with Gasteiger partial charge in [-0.2, -0.15) is 0 Å². The van der Waals surface area contributed by atoms with E-state index in [0.717, 1.165) is 31.1 Å². The summed E-state index contributed by atoms with van der Waals surface area (Å²) in [6, 6.07) is 9.92. The maximum atomic E-state index is 12.3. The molecule has 1 N–H and O–H groups in total. The summed E-state index contributed by atoms with van der Waals surface area (Å²) in [6.07, 6.45) is 3.65. The fourth-order valence-electron chi connectivity index (χ4n) is 3.33. The Kier molecular flexibility index (Phi) is 3.40. The van der Waals surface area contributed by atoms with Gasteiger partial charge in [0.05, 0.1) is 18.7 Å². The van der Waals surface area contributed by atoms with Crippen LogP contribution in [0.1, 0.15) is 5.82 Å². The van der Waals surface area contributed by atoms with Crippen LogP contribution >= 0.6 is 0 Å². The van der Waals surface area contributed by atoms with E-state index in [2.05, 4.69) is 14.9 Å². The molecular formula is C16H18N4O2. The quantitative estimate of drug-likeness (QED) is 0.919. The summed E-state index contributed by atoms with van der Waals surface area (Å²) in [4.78, 5) is 23.9. The third kappa shape index (κ3) is 2.40. The predicted molar refractivity (Wildman–Crippen MR) is 81.3 cm³/mol. The van der Waals surface area contributed by atoms with Crippen LogP contribution in [0.3, 0.4) is 0 Å². The summed E-state index contributed by atoms with van der Waals surface area (Å²) in [5.41, 5.74) is 0.950. The number of fused-ring (bicyclic) bond motifs is 1. The van der Waals surface area contributed by atoms with E-state index in [1.807, 2.05) is 41.4 Å². The normalized spacial score (nSPS) is 25.5. The third-order valence-electron chi connectivity index (χ3n) is 4.30. The van der Waals surface area contributed by atoms with E-state index in [0.29, 0.717) is 0 Å². The molecule has 0 bridgehead atoms. The number of carbonyl (C=O) groups is 1. The lowest BCUT2D eigenvalue weighted by atomic mass is 10.1. The van der Waals surface area contributed by atoms with Crippen molar-refractivity contribution < 1.29 is 9.53 Å². The Morgan fingerprint density at radius 1 is 1.27 bits per heavy atom. The first-order chi connectivity index (χ1) is 10.8. The molecule has 2 atom stereocenters. The molecule has 3 heterocycles. The van der Waals surface area contributed by atoms with Crippen molar-refractivity contribution in [3.8, 4) is 0 Å². The number of hydrogen-bond acceptors (Lipinski definition) is 4. The molecule has 6 heteroatoms. The van der Waals surface area contributed by atoms with Crippen LogP contribution in [-0.4, -0.2) is 52.6 Å². The van der Waals surface area contributed by atoms with E-state index >= 15 is 0 Å². The average Bonchev–Trinajstić information content (AvgIpc) is 3.17. The van der Waals surface area contributed by atoms with Crippen LogP contribution in [0, 0.1) is 0 Å². The number of aromatic amines is 1. The van der Waals surface area contributed by atoms with Gasteiger partial charge in [0.2, 0.25) is 0 Å². The van der Waals surface area contributed by atoms with Gasteiger partial charge in [0, 0.05) is 31.2 Å². The van der Waals surface area contributed by atoms with Crippen molar-refractivity contribution in [1.82, 2.24) is 14.9 Å². The number of anilines is 1. The number of nitrogens with zero attached hydrogens (tertiary/aromatic N) is 3. The topological polar surface area (TPSA) is 61.5 Å². The summed E-state index contributed by atoms with van der Waals surface area (Å²) in [6.45, 7) is 2.53. The van der Waals surface area contributed by atoms with E-state index in [4.69, 9.17) is 4.74 Å². The molecule has 2 aliphatic heterocycles. The van der Waals surface area contributed by atoms with Crippen LogP contribution in [0.2, 0.25) is 0 Å². The molecule has 2 aliphatic rings. The molecule has 0 aliphatic carbocycles. The van der Waals surface area contributed by atoms with Gasteiger partial charge < -0.3 is 14.6 Å². The molecule has 6 nitrogen and oxygen atoms in total. The van der Waals surface area contributed by atoms with E-state index in [1.165, 1.54) is 0 Å². The smallest absolute Gasteiger partial charge is 0.253 e. The van der Waals surface area contributed by atoms with Gasteiger partial charge in [0.1, 0.15) is 12.4 Å². The minimum Gasteiger partial charge on any atom is -0.365 e. The molecule has 0 unspecified atom stereocenters. The average molecular weight is 298 g/mol. The zero-order valence-corrected chi connectivity index (χ0v) is 12.2. The van der Waals surface area contributed by atoms with Gasteiger partial charge in [-0.3, -0.25) is 9.69 Å². The Morgan fingerprint density at radius 2 is 2.14 bits per heavy atom. The molecule has 1 aromatic carbocycles. The van der Waals surface area contributed by atoms with Crippen molar-refractivity contribution in [2.75, 3.05) is 24.6 Å². The first-order valence-corrected chi connectivity index (χ1v) is 7.50. The van der Waals surface area contributed by atoms with E-state index in [1.54, 1.807) is 6.20 Å². The number of amides is 1. The minimum absolute atomic E-state index is 0.0345. The number of morpholine rings is 1. The number of para-hydroxylation sites is 1. The Morgan fingerprint density at radius 3 is 2.91 bits per heavy atom. The number of nitrogens with one attached hydrogen (secondary N) is 1. The lowest BCUT2D eigenvalue weighted by Gasteiger charge is -2.36. The van der Waals surface area contributed by atoms with Crippen LogP contribution < -0.4 is 4.90 Å². The van der Waals surface area contributed by atoms with E-state index in [9.17, 15) is 4.79 Å². The second kappa shape index (κ2) is 5.55. The molecule has 114 valence electrons. The molecule has 22 heavy (non-hydrogen) atoms. The molecule has 4 rings (SSSR count). The standard InChI is InChI=1S/C16H18N4O2/c21-16-11-22-14-9-19(10-15-17-6-7-18-15)8-13(14)20(16)12-4-2-1-3-5-12/h1-7,13-14H,8-11H2,(H,17,18)/t13-,14+/m1/s1. The molecule has 0 spiro atoms. The van der Waals surface area contributed by atoms with Gasteiger partial charge in [-0.15, -0.1) is 0 Å². The number of H-pyrrole nitrogens is 1. The van der Waals surface area contributed by atoms with E-state index in [-0.39, 0.29) is 24.7 Å². The molecule has 1 aromatic heterocycles. The highest BCUT2D eigenvalue weighted by Gasteiger charge is 2.43. The van der Waals surface area contributed by atoms with Crippen LogP contribution in [-0.2, 0) is 16.1 Å². The molecule has 2 saturated heterocycles. The number of hydrogen-bond donors (Lipinski definition) is 1. The van der Waals surface area contributed by atoms with Crippen molar-refractivity contribution in [3.05, 3.63) is 48.5 Å². The Bertz CT molecular complexity index is 643. The second-order valence-corrected chi connectivity index (χ2v) is 5.75. The maximum absolute atomic E-state index is 12.3. The van der Waals surface area contributed by atoms with Crippen molar-refractivity contribution in [1.29, 1.82) is 0 Å². The van der Waals surface area contributed by atoms with Crippen molar-refractivity contribution in [3.63, 3.8) is 0 Å². The molecular weight excluding hydrogens is 280 g/mol. The highest BCUT2D eigenvalue weighted by Crippen LogP contribution is 2.29. The van der Waals surface area contributed by atoms with Crippen LogP contribution in [0.15, 0.2) is 42.7 Å². The number of imidazole rings is 1. The Hall–Kier alpha value is -2.18. The first-order valence-electron chi connectivity index (χ1n) is 7.50. The number of benzene rings is 1. The third-order valence-corrected chi connectivity index (χ3v) is 4.30. The molecule has 0 saturated carbocycles. The predicted octanol–water partition coefficient (Wildman–Crippen LogP) is 1.03. The van der Waals surface area contributed by atoms with Crippen LogP contribution in [0.25, 0.3) is 0 Å². The monoisotopic (exact) mass is 298 g/mol. The van der Waals surface area contributed by atoms with Gasteiger partial charge >= 0.3 is 0 Å². The van der Waals surface area contributed by atoms with Crippen LogP contribution in [0.4, 0.5) is 5.69 Å². The minimum atomic E-state index is 0.0345.